The van der Waals surface area contributed by atoms with Crippen molar-refractivity contribution in [2.45, 2.75) is 18.2 Å². The summed E-state index contributed by atoms with van der Waals surface area (Å²) in [4.78, 5) is 10.8. The number of aryl methyl sites for hydroxylation is 2. The Morgan fingerprint density at radius 1 is 1.19 bits per heavy atom. The van der Waals surface area contributed by atoms with Gasteiger partial charge < -0.3 is 5.73 Å². The third-order valence-corrected chi connectivity index (χ3v) is 4.67. The number of para-hydroxylation sites is 1. The third-order valence-electron chi connectivity index (χ3n) is 3.25. The number of non-ortho nitro benzene ring substituents is 1. The van der Waals surface area contributed by atoms with E-state index < -0.39 is 15.7 Å². The number of benzene rings is 2. The Bertz CT molecular complexity index is 684. The highest BCUT2D eigenvalue weighted by Gasteiger charge is 2.10. The molecule has 0 saturated carbocycles. The molecule has 0 aliphatic carbocycles. The van der Waals surface area contributed by atoms with Crippen LogP contribution < -0.4 is 5.73 Å². The van der Waals surface area contributed by atoms with Gasteiger partial charge in [-0.25, -0.2) is 0 Å². The fraction of sp³-hybridized carbons (Fsp3) is 0.200. The van der Waals surface area contributed by atoms with E-state index in [1.807, 2.05) is 19.1 Å². The van der Waals surface area contributed by atoms with Gasteiger partial charge in [0, 0.05) is 17.9 Å². The van der Waals surface area contributed by atoms with E-state index in [0.717, 1.165) is 11.1 Å². The zero-order chi connectivity index (χ0) is 15.4. The van der Waals surface area contributed by atoms with Crippen molar-refractivity contribution in [2.24, 2.45) is 0 Å². The molecule has 0 aliphatic heterocycles. The van der Waals surface area contributed by atoms with Crippen LogP contribution in [0.15, 0.2) is 47.4 Å². The van der Waals surface area contributed by atoms with Gasteiger partial charge in [-0.3, -0.25) is 14.3 Å². The number of anilines is 1. The molecule has 0 radical (unpaired) electrons. The SMILES string of the molecule is Cc1cccc(S(=O)CCc2ccc([N+](=O)[O-])cc2)c1N. The Balaban J connectivity index is 2.04. The van der Waals surface area contributed by atoms with E-state index in [-0.39, 0.29) is 5.69 Å². The van der Waals surface area contributed by atoms with Gasteiger partial charge in [0.05, 0.1) is 26.3 Å². The summed E-state index contributed by atoms with van der Waals surface area (Å²) in [6, 6.07) is 11.8. The number of hydrogen-bond acceptors (Lipinski definition) is 4. The van der Waals surface area contributed by atoms with E-state index in [1.165, 1.54) is 12.1 Å². The molecule has 2 N–H and O–H groups in total. The fourth-order valence-electron chi connectivity index (χ4n) is 1.96. The average molecular weight is 304 g/mol. The molecular formula is C15H16N2O3S. The van der Waals surface area contributed by atoms with Crippen LogP contribution in [0, 0.1) is 17.0 Å². The normalized spacial score (nSPS) is 12.0. The van der Waals surface area contributed by atoms with Gasteiger partial charge >= 0.3 is 0 Å². The van der Waals surface area contributed by atoms with Crippen LogP contribution in [-0.2, 0) is 17.2 Å². The lowest BCUT2D eigenvalue weighted by atomic mass is 10.1. The first-order chi connectivity index (χ1) is 9.99. The number of nitrogens with two attached hydrogens (primary N) is 1. The third kappa shape index (κ3) is 3.66. The summed E-state index contributed by atoms with van der Waals surface area (Å²) in [7, 11) is -1.18. The Morgan fingerprint density at radius 3 is 2.48 bits per heavy atom. The lowest BCUT2D eigenvalue weighted by molar-refractivity contribution is -0.384. The summed E-state index contributed by atoms with van der Waals surface area (Å²) in [6.45, 7) is 1.88. The molecule has 0 heterocycles. The highest BCUT2D eigenvalue weighted by Crippen LogP contribution is 2.21. The average Bonchev–Trinajstić information content (AvgIpc) is 2.48. The summed E-state index contributed by atoms with van der Waals surface area (Å²) < 4.78 is 12.3. The summed E-state index contributed by atoms with van der Waals surface area (Å²) >= 11 is 0. The van der Waals surface area contributed by atoms with Crippen molar-refractivity contribution in [3.05, 3.63) is 63.7 Å². The molecule has 110 valence electrons. The summed E-state index contributed by atoms with van der Waals surface area (Å²) in [5.41, 5.74) is 8.39. The first-order valence-electron chi connectivity index (χ1n) is 6.46. The molecule has 5 nitrogen and oxygen atoms in total. The molecule has 0 bridgehead atoms. The van der Waals surface area contributed by atoms with Crippen molar-refractivity contribution in [1.29, 1.82) is 0 Å². The van der Waals surface area contributed by atoms with E-state index in [2.05, 4.69) is 0 Å². The van der Waals surface area contributed by atoms with Crippen LogP contribution in [0.4, 0.5) is 11.4 Å². The number of rotatable bonds is 5. The van der Waals surface area contributed by atoms with Crippen molar-refractivity contribution in [1.82, 2.24) is 0 Å². The molecule has 1 atom stereocenters. The Labute approximate surface area is 125 Å². The quantitative estimate of drug-likeness (QED) is 0.523. The smallest absolute Gasteiger partial charge is 0.269 e. The number of hydrogen-bond donors (Lipinski definition) is 1. The standard InChI is InChI=1S/C15H16N2O3S/c1-11-3-2-4-14(15(11)16)21(20)10-9-12-5-7-13(8-6-12)17(18)19/h2-8H,9-10,16H2,1H3. The van der Waals surface area contributed by atoms with E-state index in [0.29, 0.717) is 22.8 Å². The number of nitro benzene ring substituents is 1. The Hall–Kier alpha value is -2.21. The molecule has 6 heteroatoms. The largest absolute Gasteiger partial charge is 0.398 e. The molecule has 2 aromatic rings. The molecule has 0 aromatic heterocycles. The second-order valence-corrected chi connectivity index (χ2v) is 6.25. The fourth-order valence-corrected chi connectivity index (χ4v) is 3.23. The molecule has 21 heavy (non-hydrogen) atoms. The first kappa shape index (κ1) is 15.2. The zero-order valence-electron chi connectivity index (χ0n) is 11.6. The van der Waals surface area contributed by atoms with Gasteiger partial charge in [0.1, 0.15) is 0 Å². The molecule has 2 rings (SSSR count). The molecule has 0 spiro atoms. The summed E-state index contributed by atoms with van der Waals surface area (Å²) in [6.07, 6.45) is 0.581. The van der Waals surface area contributed by atoms with E-state index in [1.54, 1.807) is 18.2 Å². The van der Waals surface area contributed by atoms with Crippen molar-refractivity contribution >= 4 is 22.2 Å². The predicted molar refractivity (Wildman–Crippen MR) is 83.7 cm³/mol. The molecular weight excluding hydrogens is 288 g/mol. The monoisotopic (exact) mass is 304 g/mol. The summed E-state index contributed by atoms with van der Waals surface area (Å²) in [5.74, 6) is 0.436. The number of nitro groups is 1. The molecule has 0 saturated heterocycles. The van der Waals surface area contributed by atoms with Crippen molar-refractivity contribution in [2.75, 3.05) is 11.5 Å². The lowest BCUT2D eigenvalue weighted by Crippen LogP contribution is -2.05. The van der Waals surface area contributed by atoms with Crippen molar-refractivity contribution in [3.8, 4) is 0 Å². The van der Waals surface area contributed by atoms with E-state index >= 15 is 0 Å². The maximum Gasteiger partial charge on any atom is 0.269 e. The van der Waals surface area contributed by atoms with Gasteiger partial charge in [0.15, 0.2) is 0 Å². The maximum absolute atomic E-state index is 12.3. The topological polar surface area (TPSA) is 86.2 Å². The van der Waals surface area contributed by atoms with Gasteiger partial charge in [0.25, 0.3) is 5.69 Å². The highest BCUT2D eigenvalue weighted by atomic mass is 32.2. The van der Waals surface area contributed by atoms with Gasteiger partial charge in [-0.1, -0.05) is 24.3 Å². The van der Waals surface area contributed by atoms with E-state index in [4.69, 9.17) is 5.73 Å². The van der Waals surface area contributed by atoms with Crippen LogP contribution in [0.5, 0.6) is 0 Å². The van der Waals surface area contributed by atoms with E-state index in [9.17, 15) is 14.3 Å². The maximum atomic E-state index is 12.3. The molecule has 0 amide bonds. The van der Waals surface area contributed by atoms with Gasteiger partial charge in [0.2, 0.25) is 0 Å². The van der Waals surface area contributed by atoms with Gasteiger partial charge in [-0.15, -0.1) is 0 Å². The van der Waals surface area contributed by atoms with Gasteiger partial charge in [-0.05, 0) is 30.5 Å². The van der Waals surface area contributed by atoms with Crippen LogP contribution in [0.25, 0.3) is 0 Å². The molecule has 0 fully saturated rings. The van der Waals surface area contributed by atoms with Crippen molar-refractivity contribution in [3.63, 3.8) is 0 Å². The minimum absolute atomic E-state index is 0.0581. The first-order valence-corrected chi connectivity index (χ1v) is 7.77. The van der Waals surface area contributed by atoms with Crippen LogP contribution >= 0.6 is 0 Å². The lowest BCUT2D eigenvalue weighted by Gasteiger charge is -2.08. The summed E-state index contributed by atoms with van der Waals surface area (Å²) in [5, 5.41) is 10.6. The Morgan fingerprint density at radius 2 is 1.86 bits per heavy atom. The van der Waals surface area contributed by atoms with Crippen LogP contribution in [0.2, 0.25) is 0 Å². The minimum atomic E-state index is -1.18. The van der Waals surface area contributed by atoms with Gasteiger partial charge in [-0.2, -0.15) is 0 Å². The predicted octanol–water partition coefficient (Wildman–Crippen LogP) is 2.84. The highest BCUT2D eigenvalue weighted by molar-refractivity contribution is 7.85. The second kappa shape index (κ2) is 6.49. The van der Waals surface area contributed by atoms with Crippen LogP contribution in [0.3, 0.4) is 0 Å². The van der Waals surface area contributed by atoms with Crippen LogP contribution in [0.1, 0.15) is 11.1 Å². The molecule has 1 unspecified atom stereocenters. The number of nitrogen functional groups attached to an aromatic ring is 1. The minimum Gasteiger partial charge on any atom is -0.398 e. The molecule has 2 aromatic carbocycles. The molecule has 0 aliphatic rings. The zero-order valence-corrected chi connectivity index (χ0v) is 12.4. The Kier molecular flexibility index (Phi) is 4.70. The van der Waals surface area contributed by atoms with Crippen LogP contribution in [-0.4, -0.2) is 14.9 Å². The van der Waals surface area contributed by atoms with Crippen molar-refractivity contribution < 1.29 is 9.13 Å². The number of nitrogens with zero attached hydrogens (tertiary/aromatic N) is 1. The second-order valence-electron chi connectivity index (χ2n) is 4.71.